The van der Waals surface area contributed by atoms with Crippen molar-refractivity contribution in [3.05, 3.63) is 20.9 Å². The summed E-state index contributed by atoms with van der Waals surface area (Å²) in [6.07, 6.45) is 3.16. The fraction of sp³-hybridized carbons (Fsp3) is 0.562. The molecule has 1 aliphatic rings. The Hall–Kier alpha value is -1.24. The molecule has 25 heavy (non-hydrogen) atoms. The molecule has 0 unspecified atom stereocenters. The normalized spacial score (nSPS) is 23.2. The number of carbonyl (C=O) groups excluding carboxylic acids is 2. The quantitative estimate of drug-likeness (QED) is 0.590. The number of nitrogen functional groups attached to an aromatic ring is 1. The highest BCUT2D eigenvalue weighted by Crippen LogP contribution is 2.32. The first-order valence-corrected chi connectivity index (χ1v) is 9.17. The Morgan fingerprint density at radius 3 is 2.60 bits per heavy atom. The third kappa shape index (κ3) is 4.68. The largest absolute Gasteiger partial charge is 0.448 e. The third-order valence-electron chi connectivity index (χ3n) is 4.71. The van der Waals surface area contributed by atoms with Gasteiger partial charge in [0.15, 0.2) is 6.61 Å². The van der Waals surface area contributed by atoms with E-state index in [9.17, 15) is 9.59 Å². The minimum absolute atomic E-state index is 0.0152. The van der Waals surface area contributed by atoms with Crippen LogP contribution in [0.5, 0.6) is 0 Å². The second-order valence-corrected chi connectivity index (χ2v) is 7.51. The lowest BCUT2D eigenvalue weighted by atomic mass is 9.78. The van der Waals surface area contributed by atoms with E-state index in [1.54, 1.807) is 0 Å². The number of aromatic nitrogens is 1. The van der Waals surface area contributed by atoms with Crippen molar-refractivity contribution >= 4 is 52.4 Å². The SMILES string of the molecule is C[C@H]1[C@@H](NC(=O)COC(=O)c2[nH+]c(Cl)c(Cl)c(N)c2Cl)CCC[C@@H]1C. The van der Waals surface area contributed by atoms with Crippen LogP contribution < -0.4 is 16.0 Å². The van der Waals surface area contributed by atoms with Gasteiger partial charge in [0.1, 0.15) is 10.0 Å². The van der Waals surface area contributed by atoms with Crippen molar-refractivity contribution in [2.45, 2.75) is 39.2 Å². The number of carbonyl (C=O) groups is 2. The summed E-state index contributed by atoms with van der Waals surface area (Å²) in [5, 5.41) is 2.80. The number of esters is 1. The van der Waals surface area contributed by atoms with Gasteiger partial charge in [-0.3, -0.25) is 4.79 Å². The second kappa shape index (κ2) is 8.43. The number of amides is 1. The predicted octanol–water partition coefficient (Wildman–Crippen LogP) is 3.14. The molecule has 0 spiro atoms. The van der Waals surface area contributed by atoms with Gasteiger partial charge in [-0.25, -0.2) is 4.79 Å². The molecule has 0 aromatic carbocycles. The Bertz CT molecular complexity index is 684. The number of H-pyrrole nitrogens is 1. The van der Waals surface area contributed by atoms with Crippen molar-refractivity contribution in [2.24, 2.45) is 11.8 Å². The van der Waals surface area contributed by atoms with Crippen LogP contribution in [0.15, 0.2) is 0 Å². The van der Waals surface area contributed by atoms with Crippen molar-refractivity contribution in [3.8, 4) is 0 Å². The number of rotatable bonds is 4. The molecule has 2 rings (SSSR count). The van der Waals surface area contributed by atoms with E-state index in [4.69, 9.17) is 45.3 Å². The van der Waals surface area contributed by atoms with E-state index in [0.29, 0.717) is 11.8 Å². The van der Waals surface area contributed by atoms with Gasteiger partial charge in [-0.05, 0) is 29.9 Å². The molecule has 1 aliphatic carbocycles. The van der Waals surface area contributed by atoms with Crippen LogP contribution in [0.1, 0.15) is 43.6 Å². The second-order valence-electron chi connectivity index (χ2n) is 6.37. The van der Waals surface area contributed by atoms with E-state index in [0.717, 1.165) is 19.3 Å². The molecule has 9 heteroatoms. The first-order valence-electron chi connectivity index (χ1n) is 8.04. The number of nitrogens with one attached hydrogen (secondary N) is 2. The molecule has 138 valence electrons. The van der Waals surface area contributed by atoms with E-state index in [-0.39, 0.29) is 38.5 Å². The van der Waals surface area contributed by atoms with Crippen LogP contribution in [-0.4, -0.2) is 24.5 Å². The van der Waals surface area contributed by atoms with Crippen molar-refractivity contribution in [2.75, 3.05) is 12.3 Å². The molecule has 6 nitrogen and oxygen atoms in total. The van der Waals surface area contributed by atoms with Crippen LogP contribution in [0.3, 0.4) is 0 Å². The zero-order valence-electron chi connectivity index (χ0n) is 14.0. The molecule has 1 heterocycles. The zero-order chi connectivity index (χ0) is 18.7. The molecule has 0 aliphatic heterocycles. The maximum atomic E-state index is 12.1. The number of hydrogen-bond acceptors (Lipinski definition) is 4. The minimum atomic E-state index is -0.838. The monoisotopic (exact) mass is 408 g/mol. The van der Waals surface area contributed by atoms with Crippen LogP contribution in [0.4, 0.5) is 5.69 Å². The average molecular weight is 410 g/mol. The molecular formula is C16H21Cl3N3O3+. The molecule has 0 radical (unpaired) electrons. The van der Waals surface area contributed by atoms with Crippen LogP contribution in [0.25, 0.3) is 0 Å². The van der Waals surface area contributed by atoms with Crippen molar-refractivity contribution < 1.29 is 19.3 Å². The average Bonchev–Trinajstić information content (AvgIpc) is 2.58. The first kappa shape index (κ1) is 20.1. The molecule has 0 bridgehead atoms. The third-order valence-corrected chi connectivity index (χ3v) is 5.88. The lowest BCUT2D eigenvalue weighted by Crippen LogP contribution is -2.45. The summed E-state index contributed by atoms with van der Waals surface area (Å²) in [6, 6.07) is 0.0886. The van der Waals surface area contributed by atoms with Gasteiger partial charge < -0.3 is 15.8 Å². The van der Waals surface area contributed by atoms with E-state index < -0.39 is 12.6 Å². The molecule has 1 fully saturated rings. The van der Waals surface area contributed by atoms with E-state index >= 15 is 0 Å². The topological polar surface area (TPSA) is 95.6 Å². The number of aromatic amines is 1. The van der Waals surface area contributed by atoms with Crippen LogP contribution >= 0.6 is 34.8 Å². The van der Waals surface area contributed by atoms with Gasteiger partial charge in [-0.15, -0.1) is 0 Å². The van der Waals surface area contributed by atoms with Crippen molar-refractivity contribution in [1.29, 1.82) is 0 Å². The number of nitrogens with two attached hydrogens (primary N) is 1. The number of hydrogen-bond donors (Lipinski definition) is 2. The number of anilines is 1. The highest BCUT2D eigenvalue weighted by molar-refractivity contribution is 6.45. The molecular weight excluding hydrogens is 389 g/mol. The molecule has 3 atom stereocenters. The number of halogens is 3. The maximum absolute atomic E-state index is 12.1. The first-order chi connectivity index (χ1) is 11.7. The fourth-order valence-electron chi connectivity index (χ4n) is 2.95. The van der Waals surface area contributed by atoms with Gasteiger partial charge in [-0.2, -0.15) is 4.98 Å². The minimum Gasteiger partial charge on any atom is -0.448 e. The van der Waals surface area contributed by atoms with E-state index in [2.05, 4.69) is 24.1 Å². The zero-order valence-corrected chi connectivity index (χ0v) is 16.3. The van der Waals surface area contributed by atoms with Gasteiger partial charge in [-0.1, -0.05) is 49.9 Å². The van der Waals surface area contributed by atoms with Gasteiger partial charge in [0.05, 0.1) is 5.69 Å². The molecule has 1 saturated carbocycles. The Balaban J connectivity index is 1.95. The van der Waals surface area contributed by atoms with Crippen molar-refractivity contribution in [3.63, 3.8) is 0 Å². The van der Waals surface area contributed by atoms with Gasteiger partial charge in [0.25, 0.3) is 11.1 Å². The lowest BCUT2D eigenvalue weighted by molar-refractivity contribution is -0.380. The molecule has 0 saturated heterocycles. The summed E-state index contributed by atoms with van der Waals surface area (Å²) in [4.78, 5) is 26.7. The summed E-state index contributed by atoms with van der Waals surface area (Å²) in [5.41, 5.74) is 5.49. The number of pyridine rings is 1. The summed E-state index contributed by atoms with van der Waals surface area (Å²) in [6.45, 7) is 3.88. The highest BCUT2D eigenvalue weighted by Gasteiger charge is 2.30. The summed E-state index contributed by atoms with van der Waals surface area (Å²) in [7, 11) is 0. The molecule has 4 N–H and O–H groups in total. The summed E-state index contributed by atoms with van der Waals surface area (Å²) >= 11 is 17.6. The maximum Gasteiger partial charge on any atom is 0.405 e. The Morgan fingerprint density at radius 2 is 1.92 bits per heavy atom. The van der Waals surface area contributed by atoms with Gasteiger partial charge >= 0.3 is 11.7 Å². The van der Waals surface area contributed by atoms with E-state index in [1.807, 2.05) is 0 Å². The molecule has 1 aromatic heterocycles. The Morgan fingerprint density at radius 1 is 1.24 bits per heavy atom. The Labute approximate surface area is 161 Å². The standard InChI is InChI=1S/C16H20Cl3N3O3/c1-7-4-3-5-9(8(7)2)21-10(23)6-25-16(24)14-11(17)13(20)12(18)15(19)22-14/h7-9H,3-6H2,1-2H3,(H2,20,22)(H,21,23)/p+1/t7-,8+,9-/m0/s1. The van der Waals surface area contributed by atoms with Crippen LogP contribution in [-0.2, 0) is 9.53 Å². The molecule has 1 aromatic rings. The van der Waals surface area contributed by atoms with Crippen LogP contribution in [0, 0.1) is 11.8 Å². The van der Waals surface area contributed by atoms with Gasteiger partial charge in [0, 0.05) is 6.04 Å². The smallest absolute Gasteiger partial charge is 0.405 e. The van der Waals surface area contributed by atoms with Crippen molar-refractivity contribution in [1.82, 2.24) is 5.32 Å². The molecule has 1 amide bonds. The Kier molecular flexibility index (Phi) is 6.77. The fourth-order valence-corrected chi connectivity index (χ4v) is 3.55. The van der Waals surface area contributed by atoms with Gasteiger partial charge in [0.2, 0.25) is 0 Å². The summed E-state index contributed by atoms with van der Waals surface area (Å²) in [5.74, 6) is -0.265. The van der Waals surface area contributed by atoms with Crippen LogP contribution in [0.2, 0.25) is 15.2 Å². The van der Waals surface area contributed by atoms with E-state index in [1.165, 1.54) is 0 Å². The lowest BCUT2D eigenvalue weighted by Gasteiger charge is -2.34. The predicted molar refractivity (Wildman–Crippen MR) is 96.8 cm³/mol. The highest BCUT2D eigenvalue weighted by atomic mass is 35.5. The number of ether oxygens (including phenoxy) is 1. The summed E-state index contributed by atoms with van der Waals surface area (Å²) < 4.78 is 5.00.